The zero-order chi connectivity index (χ0) is 14.7. The molecular weight excluding hydrogens is 322 g/mol. The van der Waals surface area contributed by atoms with Crippen LogP contribution in [0.15, 0.2) is 16.6 Å². The van der Waals surface area contributed by atoms with Gasteiger partial charge in [0.25, 0.3) is 5.91 Å². The molecule has 1 heterocycles. The molecule has 1 aromatic rings. The van der Waals surface area contributed by atoms with Gasteiger partial charge in [-0.25, -0.2) is 0 Å². The van der Waals surface area contributed by atoms with Gasteiger partial charge in [0, 0.05) is 17.1 Å². The lowest BCUT2D eigenvalue weighted by molar-refractivity contribution is 0.0628. The Bertz CT molecular complexity index is 479. The zero-order valence-electron chi connectivity index (χ0n) is 12.1. The summed E-state index contributed by atoms with van der Waals surface area (Å²) < 4.78 is 11.5. The van der Waals surface area contributed by atoms with E-state index in [1.165, 1.54) is 6.42 Å². The topological polar surface area (TPSA) is 38.8 Å². The highest BCUT2D eigenvalue weighted by molar-refractivity contribution is 9.10. The third-order valence-corrected chi connectivity index (χ3v) is 4.21. The molecule has 1 saturated heterocycles. The molecule has 1 aromatic carbocycles. The van der Waals surface area contributed by atoms with Gasteiger partial charge in [0.15, 0.2) is 0 Å². The minimum atomic E-state index is -0.0154. The first kappa shape index (κ1) is 15.2. The van der Waals surface area contributed by atoms with Crippen LogP contribution < -0.4 is 9.47 Å². The fraction of sp³-hybridized carbons (Fsp3) is 0.533. The number of carbonyl (C=O) groups is 1. The van der Waals surface area contributed by atoms with Crippen molar-refractivity contribution in [1.29, 1.82) is 0 Å². The average Bonchev–Trinajstić information content (AvgIpc) is 2.46. The standard InChI is InChI=1S/C15H20BrNO3/c1-10-6-4-5-7-17(10)15(18)14-12(19-2)8-11(16)9-13(14)20-3/h8-10H,4-7H2,1-3H3. The molecule has 1 atom stereocenters. The first-order chi connectivity index (χ1) is 9.58. The third kappa shape index (κ3) is 2.92. The van der Waals surface area contributed by atoms with E-state index in [0.717, 1.165) is 23.9 Å². The third-order valence-electron chi connectivity index (χ3n) is 3.75. The maximum atomic E-state index is 12.8. The minimum absolute atomic E-state index is 0.0154. The highest BCUT2D eigenvalue weighted by atomic mass is 79.9. The van der Waals surface area contributed by atoms with Gasteiger partial charge in [-0.05, 0) is 38.3 Å². The summed E-state index contributed by atoms with van der Waals surface area (Å²) in [5.41, 5.74) is 0.506. The Hall–Kier alpha value is -1.23. The number of rotatable bonds is 3. The minimum Gasteiger partial charge on any atom is -0.496 e. The van der Waals surface area contributed by atoms with Gasteiger partial charge in [-0.1, -0.05) is 15.9 Å². The van der Waals surface area contributed by atoms with Crippen LogP contribution in [0.4, 0.5) is 0 Å². The molecule has 20 heavy (non-hydrogen) atoms. The van der Waals surface area contributed by atoms with E-state index in [1.807, 2.05) is 4.90 Å². The summed E-state index contributed by atoms with van der Waals surface area (Å²) in [6.07, 6.45) is 3.28. The number of piperidine rings is 1. The lowest BCUT2D eigenvalue weighted by Gasteiger charge is -2.34. The molecule has 2 rings (SSSR count). The van der Waals surface area contributed by atoms with Crippen molar-refractivity contribution in [2.24, 2.45) is 0 Å². The van der Waals surface area contributed by atoms with Gasteiger partial charge in [-0.3, -0.25) is 4.79 Å². The van der Waals surface area contributed by atoms with Crippen LogP contribution in [0.1, 0.15) is 36.5 Å². The molecular formula is C15H20BrNO3. The Morgan fingerprint density at radius 1 is 1.25 bits per heavy atom. The van der Waals surface area contributed by atoms with Crippen LogP contribution in [-0.4, -0.2) is 37.6 Å². The predicted molar refractivity (Wildman–Crippen MR) is 81.6 cm³/mol. The van der Waals surface area contributed by atoms with Crippen LogP contribution in [0.3, 0.4) is 0 Å². The lowest BCUT2D eigenvalue weighted by Crippen LogP contribution is -2.42. The normalized spacial score (nSPS) is 18.8. The molecule has 1 aliphatic heterocycles. The molecule has 1 amide bonds. The zero-order valence-corrected chi connectivity index (χ0v) is 13.7. The number of hydrogen-bond acceptors (Lipinski definition) is 3. The second kappa shape index (κ2) is 6.48. The Kier molecular flexibility index (Phi) is 4.91. The number of benzene rings is 1. The van der Waals surface area contributed by atoms with Crippen LogP contribution in [0, 0.1) is 0 Å². The van der Waals surface area contributed by atoms with E-state index in [4.69, 9.17) is 9.47 Å². The summed E-state index contributed by atoms with van der Waals surface area (Å²) >= 11 is 3.40. The summed E-state index contributed by atoms with van der Waals surface area (Å²) in [6.45, 7) is 2.89. The molecule has 5 heteroatoms. The lowest BCUT2D eigenvalue weighted by atomic mass is 10.0. The number of nitrogens with zero attached hydrogens (tertiary/aromatic N) is 1. The maximum absolute atomic E-state index is 12.8. The van der Waals surface area contributed by atoms with Crippen LogP contribution in [0.5, 0.6) is 11.5 Å². The molecule has 0 bridgehead atoms. The first-order valence-corrected chi connectivity index (χ1v) is 7.60. The first-order valence-electron chi connectivity index (χ1n) is 6.81. The van der Waals surface area contributed by atoms with Gasteiger partial charge >= 0.3 is 0 Å². The van der Waals surface area contributed by atoms with Crippen LogP contribution in [0.2, 0.25) is 0 Å². The van der Waals surface area contributed by atoms with Gasteiger partial charge in [-0.15, -0.1) is 0 Å². The SMILES string of the molecule is COc1cc(Br)cc(OC)c1C(=O)N1CCCCC1C. The van der Waals surface area contributed by atoms with Crippen molar-refractivity contribution >= 4 is 21.8 Å². The van der Waals surface area contributed by atoms with Crippen molar-refractivity contribution in [2.45, 2.75) is 32.2 Å². The van der Waals surface area contributed by atoms with Crippen LogP contribution in [0.25, 0.3) is 0 Å². The highest BCUT2D eigenvalue weighted by Crippen LogP contribution is 2.35. The Balaban J connectivity index is 2.42. The number of likely N-dealkylation sites (tertiary alicyclic amines) is 1. The van der Waals surface area contributed by atoms with Gasteiger partial charge < -0.3 is 14.4 Å². The van der Waals surface area contributed by atoms with Crippen molar-refractivity contribution in [2.75, 3.05) is 20.8 Å². The predicted octanol–water partition coefficient (Wildman–Crippen LogP) is 3.48. The van der Waals surface area contributed by atoms with Crippen molar-refractivity contribution in [3.63, 3.8) is 0 Å². The fourth-order valence-corrected chi connectivity index (χ4v) is 3.05. The Labute approximate surface area is 128 Å². The molecule has 0 aromatic heterocycles. The molecule has 0 N–H and O–H groups in total. The van der Waals surface area contributed by atoms with Crippen molar-refractivity contribution in [1.82, 2.24) is 4.90 Å². The number of carbonyl (C=O) groups excluding carboxylic acids is 1. The molecule has 110 valence electrons. The molecule has 0 radical (unpaired) electrons. The summed E-state index contributed by atoms with van der Waals surface area (Å²) in [4.78, 5) is 14.7. The van der Waals surface area contributed by atoms with Crippen LogP contribution in [-0.2, 0) is 0 Å². The van der Waals surface area contributed by atoms with Crippen LogP contribution >= 0.6 is 15.9 Å². The van der Waals surface area contributed by atoms with Crippen molar-refractivity contribution in [3.8, 4) is 11.5 Å². The van der Waals surface area contributed by atoms with Gasteiger partial charge in [0.05, 0.1) is 14.2 Å². The molecule has 1 unspecified atom stereocenters. The number of methoxy groups -OCH3 is 2. The second-order valence-electron chi connectivity index (χ2n) is 5.03. The summed E-state index contributed by atoms with van der Waals surface area (Å²) in [5, 5.41) is 0. The Morgan fingerprint density at radius 2 is 1.85 bits per heavy atom. The van der Waals surface area contributed by atoms with E-state index < -0.39 is 0 Å². The number of halogens is 1. The molecule has 0 aliphatic carbocycles. The molecule has 0 saturated carbocycles. The summed E-state index contributed by atoms with van der Waals surface area (Å²) in [5.74, 6) is 1.07. The highest BCUT2D eigenvalue weighted by Gasteiger charge is 2.29. The van der Waals surface area contributed by atoms with Crippen molar-refractivity contribution in [3.05, 3.63) is 22.2 Å². The van der Waals surface area contributed by atoms with Crippen molar-refractivity contribution < 1.29 is 14.3 Å². The van der Waals surface area contributed by atoms with Gasteiger partial charge in [0.2, 0.25) is 0 Å². The van der Waals surface area contributed by atoms with E-state index >= 15 is 0 Å². The second-order valence-corrected chi connectivity index (χ2v) is 5.94. The fourth-order valence-electron chi connectivity index (χ4n) is 2.63. The molecule has 0 spiro atoms. The monoisotopic (exact) mass is 341 g/mol. The van der Waals surface area contributed by atoms with E-state index in [1.54, 1.807) is 26.4 Å². The number of ether oxygens (including phenoxy) is 2. The Morgan fingerprint density at radius 3 is 2.35 bits per heavy atom. The van der Waals surface area contributed by atoms with E-state index in [9.17, 15) is 4.79 Å². The smallest absolute Gasteiger partial charge is 0.261 e. The quantitative estimate of drug-likeness (QED) is 0.844. The summed E-state index contributed by atoms with van der Waals surface area (Å²) in [7, 11) is 3.13. The summed E-state index contributed by atoms with van der Waals surface area (Å²) in [6, 6.07) is 3.85. The van der Waals surface area contributed by atoms with E-state index in [-0.39, 0.29) is 11.9 Å². The van der Waals surface area contributed by atoms with Gasteiger partial charge in [0.1, 0.15) is 17.1 Å². The molecule has 1 fully saturated rings. The van der Waals surface area contributed by atoms with E-state index in [0.29, 0.717) is 17.1 Å². The molecule has 4 nitrogen and oxygen atoms in total. The van der Waals surface area contributed by atoms with E-state index in [2.05, 4.69) is 22.9 Å². The maximum Gasteiger partial charge on any atom is 0.261 e. The number of amides is 1. The average molecular weight is 342 g/mol. The molecule has 1 aliphatic rings. The number of hydrogen-bond donors (Lipinski definition) is 0. The largest absolute Gasteiger partial charge is 0.496 e. The van der Waals surface area contributed by atoms with Gasteiger partial charge in [-0.2, -0.15) is 0 Å².